The molecule has 1 rings (SSSR count). The largest absolute Gasteiger partial charge is 0.481 e. The molecule has 0 unspecified atom stereocenters. The minimum atomic E-state index is -1.10. The minimum Gasteiger partial charge on any atom is -0.481 e. The van der Waals surface area contributed by atoms with Crippen molar-refractivity contribution in [1.82, 2.24) is 15.1 Å². The molecule has 110 valence electrons. The third kappa shape index (κ3) is 5.96. The lowest BCUT2D eigenvalue weighted by molar-refractivity contribution is -0.138. The zero-order chi connectivity index (χ0) is 15.0. The van der Waals surface area contributed by atoms with E-state index in [0.717, 1.165) is 0 Å². The molecule has 0 saturated carbocycles. The van der Waals surface area contributed by atoms with E-state index in [2.05, 4.69) is 10.4 Å². The van der Waals surface area contributed by atoms with Gasteiger partial charge in [0.25, 0.3) is 0 Å². The zero-order valence-electron chi connectivity index (χ0n) is 11.0. The second-order valence-corrected chi connectivity index (χ2v) is 3.88. The lowest BCUT2D eigenvalue weighted by atomic mass is 10.3. The van der Waals surface area contributed by atoms with Gasteiger partial charge in [-0.05, 0) is 0 Å². The number of imide groups is 1. The Morgan fingerprint density at radius 3 is 2.80 bits per heavy atom. The number of anilines is 1. The first-order valence-corrected chi connectivity index (χ1v) is 5.85. The lowest BCUT2D eigenvalue weighted by Gasteiger charge is -2.03. The molecule has 0 radical (unpaired) electrons. The molecule has 9 heteroatoms. The van der Waals surface area contributed by atoms with E-state index in [4.69, 9.17) is 9.84 Å². The second-order valence-electron chi connectivity index (χ2n) is 3.88. The number of carboxylic acid groups (broad SMARTS) is 1. The molecule has 9 nitrogen and oxygen atoms in total. The Kier molecular flexibility index (Phi) is 6.17. The summed E-state index contributed by atoms with van der Waals surface area (Å²) in [7, 11) is 1.57. The van der Waals surface area contributed by atoms with Gasteiger partial charge in [-0.3, -0.25) is 19.6 Å². The van der Waals surface area contributed by atoms with Crippen LogP contribution >= 0.6 is 0 Å². The molecule has 0 atom stereocenters. The van der Waals surface area contributed by atoms with Crippen LogP contribution < -0.4 is 10.6 Å². The molecule has 0 aromatic carbocycles. The molecular weight excluding hydrogens is 268 g/mol. The van der Waals surface area contributed by atoms with E-state index >= 15 is 0 Å². The van der Waals surface area contributed by atoms with Crippen molar-refractivity contribution < 1.29 is 24.2 Å². The van der Waals surface area contributed by atoms with Crippen molar-refractivity contribution in [3.05, 3.63) is 12.4 Å². The van der Waals surface area contributed by atoms with Gasteiger partial charge in [0.15, 0.2) is 0 Å². The molecule has 3 amide bonds. The lowest BCUT2D eigenvalue weighted by Crippen LogP contribution is -2.34. The van der Waals surface area contributed by atoms with Gasteiger partial charge in [-0.2, -0.15) is 5.10 Å². The number of amides is 3. The quantitative estimate of drug-likeness (QED) is 0.649. The number of ether oxygens (including phenoxy) is 1. The third-order valence-corrected chi connectivity index (χ3v) is 2.23. The SMILES string of the molecule is COCCn1cc(NC(=O)NC(=O)CCC(=O)O)cn1. The molecule has 0 bridgehead atoms. The smallest absolute Gasteiger partial charge is 0.325 e. The summed E-state index contributed by atoms with van der Waals surface area (Å²) in [4.78, 5) is 32.9. The molecule has 3 N–H and O–H groups in total. The summed E-state index contributed by atoms with van der Waals surface area (Å²) in [5, 5.41) is 16.8. The number of hydrogen-bond acceptors (Lipinski definition) is 5. The predicted octanol–water partition coefficient (Wildman–Crippen LogP) is 0.0424. The monoisotopic (exact) mass is 284 g/mol. The summed E-state index contributed by atoms with van der Waals surface area (Å²) in [6.45, 7) is 1.03. The molecule has 1 aromatic heterocycles. The number of rotatable bonds is 7. The molecule has 1 heterocycles. The van der Waals surface area contributed by atoms with Gasteiger partial charge in [-0.25, -0.2) is 4.79 Å². The van der Waals surface area contributed by atoms with Crippen molar-refractivity contribution in [2.75, 3.05) is 19.0 Å². The summed E-state index contributed by atoms with van der Waals surface area (Å²) in [5.41, 5.74) is 0.421. The van der Waals surface area contributed by atoms with E-state index in [1.165, 1.54) is 6.20 Å². The highest BCUT2D eigenvalue weighted by Crippen LogP contribution is 2.04. The normalized spacial score (nSPS) is 10.1. The highest BCUT2D eigenvalue weighted by Gasteiger charge is 2.10. The summed E-state index contributed by atoms with van der Waals surface area (Å²) < 4.78 is 6.46. The fourth-order valence-corrected chi connectivity index (χ4v) is 1.31. The molecule has 0 fully saturated rings. The predicted molar refractivity (Wildman–Crippen MR) is 68.1 cm³/mol. The van der Waals surface area contributed by atoms with Crippen LogP contribution in [-0.2, 0) is 20.9 Å². The van der Waals surface area contributed by atoms with Crippen molar-refractivity contribution in [2.24, 2.45) is 0 Å². The number of nitrogens with one attached hydrogen (secondary N) is 2. The zero-order valence-corrected chi connectivity index (χ0v) is 11.0. The van der Waals surface area contributed by atoms with E-state index in [-0.39, 0.29) is 12.8 Å². The highest BCUT2D eigenvalue weighted by molar-refractivity contribution is 6.01. The number of carbonyl (C=O) groups is 3. The van der Waals surface area contributed by atoms with E-state index in [1.54, 1.807) is 18.0 Å². The molecule has 0 aliphatic carbocycles. The maximum Gasteiger partial charge on any atom is 0.325 e. The molecule has 0 saturated heterocycles. The number of aliphatic carboxylic acids is 1. The van der Waals surface area contributed by atoms with E-state index < -0.39 is 17.9 Å². The number of urea groups is 1. The van der Waals surface area contributed by atoms with Gasteiger partial charge in [0.1, 0.15) is 0 Å². The molecule has 0 aliphatic rings. The van der Waals surface area contributed by atoms with Crippen LogP contribution in [0, 0.1) is 0 Å². The van der Waals surface area contributed by atoms with Crippen molar-refractivity contribution in [2.45, 2.75) is 19.4 Å². The van der Waals surface area contributed by atoms with E-state index in [0.29, 0.717) is 18.8 Å². The number of nitrogens with zero attached hydrogens (tertiary/aromatic N) is 2. The summed E-state index contributed by atoms with van der Waals surface area (Å²) >= 11 is 0. The van der Waals surface area contributed by atoms with Crippen LogP contribution in [0.1, 0.15) is 12.8 Å². The molecular formula is C11H16N4O5. The van der Waals surface area contributed by atoms with Crippen LogP contribution in [0.2, 0.25) is 0 Å². The van der Waals surface area contributed by atoms with Crippen LogP contribution in [0.5, 0.6) is 0 Å². The Labute approximate surface area is 114 Å². The van der Waals surface area contributed by atoms with Crippen LogP contribution in [-0.4, -0.2) is 46.5 Å². The van der Waals surface area contributed by atoms with Crippen molar-refractivity contribution in [3.8, 4) is 0 Å². The van der Waals surface area contributed by atoms with Crippen molar-refractivity contribution in [1.29, 1.82) is 0 Å². The Morgan fingerprint density at radius 2 is 2.15 bits per heavy atom. The van der Waals surface area contributed by atoms with Crippen LogP contribution in [0.25, 0.3) is 0 Å². The average molecular weight is 284 g/mol. The highest BCUT2D eigenvalue weighted by atomic mass is 16.5. The molecule has 1 aromatic rings. The van der Waals surface area contributed by atoms with Crippen LogP contribution in [0.4, 0.5) is 10.5 Å². The number of carbonyl (C=O) groups excluding carboxylic acids is 2. The van der Waals surface area contributed by atoms with Crippen molar-refractivity contribution >= 4 is 23.6 Å². The van der Waals surface area contributed by atoms with Gasteiger partial charge in [-0.15, -0.1) is 0 Å². The maximum absolute atomic E-state index is 11.4. The van der Waals surface area contributed by atoms with E-state index in [9.17, 15) is 14.4 Å². The molecule has 0 spiro atoms. The fraction of sp³-hybridized carbons (Fsp3) is 0.455. The third-order valence-electron chi connectivity index (χ3n) is 2.23. The number of aromatic nitrogens is 2. The molecule has 0 aliphatic heterocycles. The van der Waals surface area contributed by atoms with E-state index in [1.807, 2.05) is 5.32 Å². The van der Waals surface area contributed by atoms with Gasteiger partial charge in [0.2, 0.25) is 5.91 Å². The number of carboxylic acids is 1. The van der Waals surface area contributed by atoms with Crippen molar-refractivity contribution in [3.63, 3.8) is 0 Å². The Hall–Kier alpha value is -2.42. The van der Waals surface area contributed by atoms with Gasteiger partial charge >= 0.3 is 12.0 Å². The van der Waals surface area contributed by atoms with Gasteiger partial charge in [-0.1, -0.05) is 0 Å². The summed E-state index contributed by atoms with van der Waals surface area (Å²) in [5.74, 6) is -1.75. The summed E-state index contributed by atoms with van der Waals surface area (Å²) in [6.07, 6.45) is 2.43. The van der Waals surface area contributed by atoms with Gasteiger partial charge < -0.3 is 15.2 Å². The standard InChI is InChI=1S/C11H16N4O5/c1-20-5-4-15-7-8(6-12-15)13-11(19)14-9(16)2-3-10(17)18/h6-7H,2-5H2,1H3,(H,17,18)(H2,13,14,16,19). The van der Waals surface area contributed by atoms with Gasteiger partial charge in [0.05, 0.1) is 31.5 Å². The molecule has 20 heavy (non-hydrogen) atoms. The first kappa shape index (κ1) is 15.6. The Morgan fingerprint density at radius 1 is 1.40 bits per heavy atom. The Bertz CT molecular complexity index is 485. The van der Waals surface area contributed by atoms with Gasteiger partial charge in [0, 0.05) is 19.7 Å². The number of hydrogen-bond donors (Lipinski definition) is 3. The maximum atomic E-state index is 11.4. The average Bonchev–Trinajstić information content (AvgIpc) is 2.81. The second kappa shape index (κ2) is 7.89. The first-order chi connectivity index (χ1) is 9.51. The fourth-order valence-electron chi connectivity index (χ4n) is 1.31. The van der Waals surface area contributed by atoms with Crippen LogP contribution in [0.15, 0.2) is 12.4 Å². The minimum absolute atomic E-state index is 0.254. The van der Waals surface area contributed by atoms with Crippen LogP contribution in [0.3, 0.4) is 0 Å². The topological polar surface area (TPSA) is 123 Å². The first-order valence-electron chi connectivity index (χ1n) is 5.85. The summed E-state index contributed by atoms with van der Waals surface area (Å²) in [6, 6.07) is -0.730. The Balaban J connectivity index is 2.36. The number of methoxy groups -OCH3 is 1.